The Balaban J connectivity index is 1.88. The number of aromatic nitrogens is 3. The van der Waals surface area contributed by atoms with E-state index >= 15 is 0 Å². The first-order chi connectivity index (χ1) is 9.28. The molecule has 6 heteroatoms. The normalized spacial score (nSPS) is 18.9. The van der Waals surface area contributed by atoms with Crippen LogP contribution in [0.2, 0.25) is 0 Å². The SMILES string of the molecule is COC(=O)c1ccn2c(CC3CCSC3)nnc2c1. The van der Waals surface area contributed by atoms with E-state index in [1.54, 1.807) is 12.1 Å². The van der Waals surface area contributed by atoms with E-state index in [-0.39, 0.29) is 5.97 Å². The van der Waals surface area contributed by atoms with E-state index < -0.39 is 0 Å². The number of esters is 1. The third kappa shape index (κ3) is 2.45. The molecule has 0 bridgehead atoms. The van der Waals surface area contributed by atoms with Gasteiger partial charge in [0.1, 0.15) is 5.82 Å². The molecule has 5 nitrogen and oxygen atoms in total. The highest BCUT2D eigenvalue weighted by Gasteiger charge is 2.19. The van der Waals surface area contributed by atoms with Gasteiger partial charge in [-0.15, -0.1) is 10.2 Å². The number of carbonyl (C=O) groups excluding carboxylic acids is 1. The summed E-state index contributed by atoms with van der Waals surface area (Å²) in [4.78, 5) is 11.5. The van der Waals surface area contributed by atoms with E-state index in [2.05, 4.69) is 10.2 Å². The first-order valence-electron chi connectivity index (χ1n) is 6.27. The third-order valence-electron chi connectivity index (χ3n) is 3.40. The maximum absolute atomic E-state index is 11.5. The Labute approximate surface area is 115 Å². The molecule has 0 amide bonds. The molecule has 3 rings (SSSR count). The zero-order valence-corrected chi connectivity index (χ0v) is 11.5. The van der Waals surface area contributed by atoms with Crippen LogP contribution in [0.3, 0.4) is 0 Å². The Morgan fingerprint density at radius 2 is 2.47 bits per heavy atom. The number of methoxy groups -OCH3 is 1. The van der Waals surface area contributed by atoms with Gasteiger partial charge in [0, 0.05) is 12.6 Å². The fourth-order valence-electron chi connectivity index (χ4n) is 2.33. The monoisotopic (exact) mass is 277 g/mol. The summed E-state index contributed by atoms with van der Waals surface area (Å²) in [6.07, 6.45) is 4.05. The molecule has 19 heavy (non-hydrogen) atoms. The van der Waals surface area contributed by atoms with Crippen molar-refractivity contribution < 1.29 is 9.53 Å². The minimum absolute atomic E-state index is 0.348. The lowest BCUT2D eigenvalue weighted by molar-refractivity contribution is 0.0600. The van der Waals surface area contributed by atoms with Crippen LogP contribution < -0.4 is 0 Å². The topological polar surface area (TPSA) is 56.5 Å². The smallest absolute Gasteiger partial charge is 0.338 e. The Hall–Kier alpha value is -1.56. The van der Waals surface area contributed by atoms with E-state index in [0.717, 1.165) is 12.2 Å². The van der Waals surface area contributed by atoms with Gasteiger partial charge in [0.2, 0.25) is 0 Å². The molecule has 0 aromatic carbocycles. The summed E-state index contributed by atoms with van der Waals surface area (Å²) in [5, 5.41) is 8.37. The maximum atomic E-state index is 11.5. The van der Waals surface area contributed by atoms with Gasteiger partial charge in [0.25, 0.3) is 0 Å². The summed E-state index contributed by atoms with van der Waals surface area (Å²) in [5.74, 6) is 3.76. The van der Waals surface area contributed by atoms with Gasteiger partial charge in [-0.1, -0.05) is 0 Å². The lowest BCUT2D eigenvalue weighted by Crippen LogP contribution is -2.07. The Morgan fingerprint density at radius 3 is 3.21 bits per heavy atom. The summed E-state index contributed by atoms with van der Waals surface area (Å²) in [7, 11) is 1.37. The summed E-state index contributed by atoms with van der Waals surface area (Å²) >= 11 is 2.00. The van der Waals surface area contributed by atoms with Crippen molar-refractivity contribution in [3.8, 4) is 0 Å². The van der Waals surface area contributed by atoms with Crippen LogP contribution in [-0.4, -0.2) is 39.2 Å². The molecule has 100 valence electrons. The molecule has 1 atom stereocenters. The zero-order valence-electron chi connectivity index (χ0n) is 10.7. The quantitative estimate of drug-likeness (QED) is 0.801. The predicted octanol–water partition coefficient (Wildman–Crippen LogP) is 1.81. The van der Waals surface area contributed by atoms with Gasteiger partial charge in [0.05, 0.1) is 12.7 Å². The highest BCUT2D eigenvalue weighted by molar-refractivity contribution is 7.99. The van der Waals surface area contributed by atoms with Gasteiger partial charge in [-0.25, -0.2) is 4.79 Å². The highest BCUT2D eigenvalue weighted by Crippen LogP contribution is 2.26. The van der Waals surface area contributed by atoms with Gasteiger partial charge in [0.15, 0.2) is 5.65 Å². The number of fused-ring (bicyclic) bond motifs is 1. The number of ether oxygens (including phenoxy) is 1. The summed E-state index contributed by atoms with van der Waals surface area (Å²) in [6, 6.07) is 3.46. The van der Waals surface area contributed by atoms with E-state index in [0.29, 0.717) is 17.1 Å². The molecule has 1 aliphatic rings. The van der Waals surface area contributed by atoms with Crippen molar-refractivity contribution in [2.24, 2.45) is 5.92 Å². The second-order valence-corrected chi connectivity index (χ2v) is 5.83. The van der Waals surface area contributed by atoms with Crippen LogP contribution in [-0.2, 0) is 11.2 Å². The van der Waals surface area contributed by atoms with Gasteiger partial charge < -0.3 is 4.74 Å². The molecule has 0 aliphatic carbocycles. The first-order valence-corrected chi connectivity index (χ1v) is 7.43. The van der Waals surface area contributed by atoms with Crippen LogP contribution in [0.4, 0.5) is 0 Å². The largest absolute Gasteiger partial charge is 0.465 e. The maximum Gasteiger partial charge on any atom is 0.338 e. The van der Waals surface area contributed by atoms with Crippen LogP contribution >= 0.6 is 11.8 Å². The van der Waals surface area contributed by atoms with Crippen molar-refractivity contribution >= 4 is 23.4 Å². The lowest BCUT2D eigenvalue weighted by atomic mass is 10.1. The predicted molar refractivity (Wildman–Crippen MR) is 73.5 cm³/mol. The van der Waals surface area contributed by atoms with E-state index in [4.69, 9.17) is 4.74 Å². The molecule has 1 unspecified atom stereocenters. The number of pyridine rings is 1. The van der Waals surface area contributed by atoms with Crippen molar-refractivity contribution in [1.82, 2.24) is 14.6 Å². The van der Waals surface area contributed by atoms with Crippen molar-refractivity contribution in [3.05, 3.63) is 29.7 Å². The molecule has 2 aromatic rings. The Kier molecular flexibility index (Phi) is 3.42. The first kappa shape index (κ1) is 12.5. The van der Waals surface area contributed by atoms with Crippen molar-refractivity contribution in [3.63, 3.8) is 0 Å². The molecule has 0 saturated carbocycles. The Morgan fingerprint density at radius 1 is 1.58 bits per heavy atom. The van der Waals surface area contributed by atoms with Crippen LogP contribution in [0.5, 0.6) is 0 Å². The van der Waals surface area contributed by atoms with E-state index in [1.165, 1.54) is 25.0 Å². The molecule has 0 radical (unpaired) electrons. The number of nitrogens with zero attached hydrogens (tertiary/aromatic N) is 3. The lowest BCUT2D eigenvalue weighted by Gasteiger charge is -2.06. The second-order valence-electron chi connectivity index (χ2n) is 4.69. The molecule has 1 fully saturated rings. The molecule has 0 spiro atoms. The van der Waals surface area contributed by atoms with Gasteiger partial charge in [-0.3, -0.25) is 4.40 Å². The summed E-state index contributed by atoms with van der Waals surface area (Å²) in [6.45, 7) is 0. The molecule has 3 heterocycles. The number of rotatable bonds is 3. The van der Waals surface area contributed by atoms with Crippen LogP contribution in [0.15, 0.2) is 18.3 Å². The van der Waals surface area contributed by atoms with Crippen molar-refractivity contribution in [1.29, 1.82) is 0 Å². The number of hydrogen-bond donors (Lipinski definition) is 0. The number of hydrogen-bond acceptors (Lipinski definition) is 5. The van der Waals surface area contributed by atoms with Crippen molar-refractivity contribution in [2.75, 3.05) is 18.6 Å². The van der Waals surface area contributed by atoms with Crippen molar-refractivity contribution in [2.45, 2.75) is 12.8 Å². The standard InChI is InChI=1S/C13H15N3O2S/c1-18-13(17)10-2-4-16-11(14-15-12(16)7-10)6-9-3-5-19-8-9/h2,4,7,9H,3,5-6,8H2,1H3. The summed E-state index contributed by atoms with van der Waals surface area (Å²) in [5.41, 5.74) is 1.20. The second kappa shape index (κ2) is 5.21. The molecule has 1 aliphatic heterocycles. The van der Waals surface area contributed by atoms with Gasteiger partial charge in [-0.05, 0) is 36.0 Å². The summed E-state index contributed by atoms with van der Waals surface area (Å²) < 4.78 is 6.65. The van der Waals surface area contributed by atoms with E-state index in [1.807, 2.05) is 22.4 Å². The molecule has 0 N–H and O–H groups in total. The highest BCUT2D eigenvalue weighted by atomic mass is 32.2. The van der Waals surface area contributed by atoms with Crippen LogP contribution in [0, 0.1) is 5.92 Å². The fourth-order valence-corrected chi connectivity index (χ4v) is 3.61. The molecular weight excluding hydrogens is 262 g/mol. The van der Waals surface area contributed by atoms with Gasteiger partial charge in [-0.2, -0.15) is 11.8 Å². The third-order valence-corrected chi connectivity index (χ3v) is 4.63. The average Bonchev–Trinajstić information content (AvgIpc) is 3.08. The van der Waals surface area contributed by atoms with E-state index in [9.17, 15) is 4.79 Å². The molecular formula is C13H15N3O2S. The average molecular weight is 277 g/mol. The minimum atomic E-state index is -0.348. The minimum Gasteiger partial charge on any atom is -0.465 e. The fraction of sp³-hybridized carbons (Fsp3) is 0.462. The van der Waals surface area contributed by atoms with Crippen LogP contribution in [0.25, 0.3) is 5.65 Å². The zero-order chi connectivity index (χ0) is 13.2. The van der Waals surface area contributed by atoms with Crippen LogP contribution in [0.1, 0.15) is 22.6 Å². The number of thioether (sulfide) groups is 1. The molecule has 1 saturated heterocycles. The van der Waals surface area contributed by atoms with Gasteiger partial charge >= 0.3 is 5.97 Å². The Bertz CT molecular complexity index is 605. The molecule has 2 aromatic heterocycles. The number of carbonyl (C=O) groups is 1.